The number of halogens is 2. The summed E-state index contributed by atoms with van der Waals surface area (Å²) in [6.07, 6.45) is 2.56. The fourth-order valence-electron chi connectivity index (χ4n) is 4.66. The third kappa shape index (κ3) is 5.63. The molecule has 7 nitrogen and oxygen atoms in total. The second-order valence-electron chi connectivity index (χ2n) is 8.94. The number of fused-ring (bicyclic) bond motifs is 1. The molecule has 1 aliphatic heterocycles. The van der Waals surface area contributed by atoms with Crippen molar-refractivity contribution in [3.05, 3.63) is 70.3 Å². The summed E-state index contributed by atoms with van der Waals surface area (Å²) in [7, 11) is 0. The summed E-state index contributed by atoms with van der Waals surface area (Å²) >= 11 is 11.9. The Morgan fingerprint density at radius 1 is 1.03 bits per heavy atom. The average Bonchev–Trinajstić information content (AvgIpc) is 3.24. The molecule has 2 amide bonds. The fraction of sp³-hybridized carbons (Fsp3) is 0.346. The minimum absolute atomic E-state index is 0.0455. The van der Waals surface area contributed by atoms with Crippen LogP contribution in [0.4, 0.5) is 4.79 Å². The highest BCUT2D eigenvalue weighted by Crippen LogP contribution is 2.28. The molecule has 1 atom stereocenters. The lowest BCUT2D eigenvalue weighted by molar-refractivity contribution is 0.0900. The monoisotopic (exact) mass is 513 g/mol. The van der Waals surface area contributed by atoms with Gasteiger partial charge >= 0.3 is 6.09 Å². The van der Waals surface area contributed by atoms with Crippen molar-refractivity contribution in [2.45, 2.75) is 43.9 Å². The summed E-state index contributed by atoms with van der Waals surface area (Å²) in [5.41, 5.74) is 1.11. The van der Waals surface area contributed by atoms with Gasteiger partial charge in [-0.1, -0.05) is 29.3 Å². The van der Waals surface area contributed by atoms with Crippen molar-refractivity contribution >= 4 is 46.1 Å². The highest BCUT2D eigenvalue weighted by molar-refractivity contribution is 6.31. The quantitative estimate of drug-likeness (QED) is 0.471. The van der Waals surface area contributed by atoms with Gasteiger partial charge in [0.05, 0.1) is 12.1 Å². The molecule has 0 radical (unpaired) electrons. The molecule has 3 aromatic rings. The zero-order valence-corrected chi connectivity index (χ0v) is 20.5. The molecule has 5 rings (SSSR count). The van der Waals surface area contributed by atoms with Crippen molar-refractivity contribution in [1.29, 1.82) is 0 Å². The van der Waals surface area contributed by atoms with Crippen molar-refractivity contribution in [1.82, 2.24) is 15.2 Å². The maximum Gasteiger partial charge on any atom is 0.410 e. The van der Waals surface area contributed by atoms with E-state index < -0.39 is 0 Å². The molecule has 2 aliphatic rings. The first-order valence-corrected chi connectivity index (χ1v) is 12.4. The van der Waals surface area contributed by atoms with E-state index in [2.05, 4.69) is 10.3 Å². The summed E-state index contributed by atoms with van der Waals surface area (Å²) in [5.74, 6) is 0.496. The number of nitrogens with zero attached hydrogens (tertiary/aromatic N) is 2. The standard InChI is InChI=1S/C26H25Cl2N3O4/c27-17-2-9-21(10-3-17)34-15-22-14-31(26(33)35-22)20-7-5-19(6-8-20)29-25(32)24-11-1-16-13-18(28)4-12-23(16)30-24/h1-4,9-13,19-20,22H,5-8,14-15H2,(H,29,32)/t19-,20-,22?. The van der Waals surface area contributed by atoms with Gasteiger partial charge in [0.25, 0.3) is 5.91 Å². The van der Waals surface area contributed by atoms with Crippen LogP contribution in [0.15, 0.2) is 54.6 Å². The van der Waals surface area contributed by atoms with Gasteiger partial charge in [0.1, 0.15) is 18.1 Å². The highest BCUT2D eigenvalue weighted by Gasteiger charge is 2.38. The molecular weight excluding hydrogens is 489 g/mol. The predicted octanol–water partition coefficient (Wildman–Crippen LogP) is 5.48. The number of benzene rings is 2. The van der Waals surface area contributed by atoms with Gasteiger partial charge in [-0.3, -0.25) is 4.79 Å². The summed E-state index contributed by atoms with van der Waals surface area (Å²) in [6.45, 7) is 0.791. The molecule has 1 aromatic heterocycles. The van der Waals surface area contributed by atoms with E-state index in [1.165, 1.54) is 0 Å². The Hall–Kier alpha value is -3.03. The van der Waals surface area contributed by atoms with Crippen LogP contribution in [0.3, 0.4) is 0 Å². The number of aromatic nitrogens is 1. The number of ether oxygens (including phenoxy) is 2. The predicted molar refractivity (Wildman–Crippen MR) is 134 cm³/mol. The van der Waals surface area contributed by atoms with E-state index in [1.807, 2.05) is 18.2 Å². The number of hydrogen-bond acceptors (Lipinski definition) is 5. The number of carbonyl (C=O) groups excluding carboxylic acids is 2. The van der Waals surface area contributed by atoms with E-state index in [0.29, 0.717) is 34.6 Å². The lowest BCUT2D eigenvalue weighted by Crippen LogP contribution is -2.44. The average molecular weight is 514 g/mol. The Labute approximate surface area is 213 Å². The molecule has 1 aliphatic carbocycles. The highest BCUT2D eigenvalue weighted by atomic mass is 35.5. The molecule has 2 heterocycles. The molecule has 1 unspecified atom stereocenters. The molecule has 9 heteroatoms. The van der Waals surface area contributed by atoms with Crippen molar-refractivity contribution in [2.75, 3.05) is 13.2 Å². The summed E-state index contributed by atoms with van der Waals surface area (Å²) in [5, 5.41) is 5.26. The Morgan fingerprint density at radius 3 is 2.54 bits per heavy atom. The number of rotatable bonds is 6. The molecule has 2 aromatic carbocycles. The molecule has 1 saturated heterocycles. The number of hydrogen-bond donors (Lipinski definition) is 1. The van der Waals surface area contributed by atoms with Crippen molar-refractivity contribution in [3.8, 4) is 5.75 Å². The van der Waals surface area contributed by atoms with Gasteiger partial charge in [-0.05, 0) is 74.2 Å². The first kappa shape index (κ1) is 23.7. The van der Waals surface area contributed by atoms with Crippen LogP contribution in [0.2, 0.25) is 10.0 Å². The van der Waals surface area contributed by atoms with Gasteiger partial charge in [-0.25, -0.2) is 9.78 Å². The fourth-order valence-corrected chi connectivity index (χ4v) is 4.97. The third-order valence-corrected chi connectivity index (χ3v) is 7.00. The first-order valence-electron chi connectivity index (χ1n) is 11.7. The van der Waals surface area contributed by atoms with Crippen molar-refractivity contribution in [2.24, 2.45) is 0 Å². The van der Waals surface area contributed by atoms with Gasteiger partial charge < -0.3 is 19.7 Å². The molecular formula is C26H25Cl2N3O4. The molecule has 0 spiro atoms. The van der Waals surface area contributed by atoms with E-state index >= 15 is 0 Å². The Morgan fingerprint density at radius 2 is 1.77 bits per heavy atom. The second-order valence-corrected chi connectivity index (χ2v) is 9.81. The molecule has 1 N–H and O–H groups in total. The third-order valence-electron chi connectivity index (χ3n) is 6.51. The molecule has 1 saturated carbocycles. The molecule has 0 bridgehead atoms. The largest absolute Gasteiger partial charge is 0.490 e. The summed E-state index contributed by atoms with van der Waals surface area (Å²) in [6, 6.07) is 16.2. The lowest BCUT2D eigenvalue weighted by Gasteiger charge is -2.33. The van der Waals surface area contributed by atoms with E-state index in [9.17, 15) is 9.59 Å². The summed E-state index contributed by atoms with van der Waals surface area (Å²) in [4.78, 5) is 31.5. The smallest absolute Gasteiger partial charge is 0.410 e. The van der Waals surface area contributed by atoms with Crippen LogP contribution < -0.4 is 10.1 Å². The Bertz CT molecular complexity index is 1230. The van der Waals surface area contributed by atoms with Gasteiger partial charge in [0.2, 0.25) is 0 Å². The van der Waals surface area contributed by atoms with Crippen LogP contribution in [-0.2, 0) is 4.74 Å². The second kappa shape index (κ2) is 10.3. The van der Waals surface area contributed by atoms with Crippen molar-refractivity contribution < 1.29 is 19.1 Å². The van der Waals surface area contributed by atoms with Crippen LogP contribution >= 0.6 is 23.2 Å². The number of nitrogens with one attached hydrogen (secondary N) is 1. The van der Waals surface area contributed by atoms with Crippen molar-refractivity contribution in [3.63, 3.8) is 0 Å². The molecule has 35 heavy (non-hydrogen) atoms. The molecule has 2 fully saturated rings. The van der Waals surface area contributed by atoms with Gasteiger partial charge in [-0.15, -0.1) is 0 Å². The normalized spacial score (nSPS) is 22.2. The van der Waals surface area contributed by atoms with Crippen LogP contribution in [0.5, 0.6) is 5.75 Å². The van der Waals surface area contributed by atoms with Crippen LogP contribution in [0, 0.1) is 0 Å². The van der Waals surface area contributed by atoms with Crippen LogP contribution in [0.1, 0.15) is 36.2 Å². The van der Waals surface area contributed by atoms with Crippen LogP contribution in [-0.4, -0.2) is 53.2 Å². The lowest BCUT2D eigenvalue weighted by atomic mass is 9.90. The minimum atomic E-state index is -0.315. The zero-order chi connectivity index (χ0) is 24.4. The number of carbonyl (C=O) groups is 2. The maximum atomic E-state index is 12.8. The van der Waals surface area contributed by atoms with Gasteiger partial charge in [-0.2, -0.15) is 0 Å². The van der Waals surface area contributed by atoms with Gasteiger partial charge in [0.15, 0.2) is 6.10 Å². The SMILES string of the molecule is O=C(N[C@H]1CC[C@H](N2CC(COc3ccc(Cl)cc3)OC2=O)CC1)c1ccc2cc(Cl)ccc2n1. The topological polar surface area (TPSA) is 80.8 Å². The van der Waals surface area contributed by atoms with E-state index in [-0.39, 0.29) is 30.2 Å². The van der Waals surface area contributed by atoms with Crippen LogP contribution in [0.25, 0.3) is 10.9 Å². The van der Waals surface area contributed by atoms with E-state index in [4.69, 9.17) is 32.7 Å². The van der Waals surface area contributed by atoms with E-state index in [1.54, 1.807) is 41.3 Å². The summed E-state index contributed by atoms with van der Waals surface area (Å²) < 4.78 is 11.3. The Kier molecular flexibility index (Phi) is 6.97. The molecule has 182 valence electrons. The number of amides is 2. The maximum absolute atomic E-state index is 12.8. The first-order chi connectivity index (χ1) is 16.9. The van der Waals surface area contributed by atoms with E-state index in [0.717, 1.165) is 36.6 Å². The number of pyridine rings is 1. The Balaban J connectivity index is 1.10. The van der Waals surface area contributed by atoms with Gasteiger partial charge in [0, 0.05) is 27.5 Å². The number of cyclic esters (lactones) is 1. The zero-order valence-electron chi connectivity index (χ0n) is 19.0. The minimum Gasteiger partial charge on any atom is -0.490 e.